The van der Waals surface area contributed by atoms with Crippen molar-refractivity contribution in [2.45, 2.75) is 27.7 Å². The lowest BCUT2D eigenvalue weighted by Gasteiger charge is -2.24. The Balaban J connectivity index is 1.64. The number of anilines is 1. The Morgan fingerprint density at radius 2 is 1.46 bits per heavy atom. The van der Waals surface area contributed by atoms with Crippen molar-refractivity contribution in [2.75, 3.05) is 31.1 Å². The summed E-state index contributed by atoms with van der Waals surface area (Å²) in [5, 5.41) is 0.704. The molecule has 1 amide bonds. The maximum absolute atomic E-state index is 13.7. The van der Waals surface area contributed by atoms with Gasteiger partial charge in [0.05, 0.1) is 10.2 Å². The van der Waals surface area contributed by atoms with E-state index in [1.165, 1.54) is 5.56 Å². The van der Waals surface area contributed by atoms with Gasteiger partial charge in [-0.25, -0.2) is 4.98 Å². The van der Waals surface area contributed by atoms with Gasteiger partial charge in [0.15, 0.2) is 10.9 Å². The van der Waals surface area contributed by atoms with Crippen LogP contribution in [-0.4, -0.2) is 47.8 Å². The lowest BCUT2D eigenvalue weighted by Crippen LogP contribution is -2.38. The fourth-order valence-electron chi connectivity index (χ4n) is 4.22. The van der Waals surface area contributed by atoms with Crippen LogP contribution in [0.2, 0.25) is 0 Å². The highest BCUT2D eigenvalue weighted by Gasteiger charge is 2.23. The molecule has 0 unspecified atom stereocenters. The smallest absolute Gasteiger partial charge is 0.260 e. The molecule has 1 aromatic heterocycles. The minimum absolute atomic E-state index is 0.0555. The van der Waals surface area contributed by atoms with Gasteiger partial charge in [0, 0.05) is 29.8 Å². The third-order valence-corrected chi connectivity index (χ3v) is 7.48. The molecule has 1 heterocycles. The van der Waals surface area contributed by atoms with Crippen LogP contribution in [0.5, 0.6) is 0 Å². The standard InChI is InChI=1S/C29H31N3O2S/c1-5-31(6-2)16-17-32(29-30-25-19-20(3)18-21(4)27(25)35-29)28(34)24-14-12-23(13-15-24)26(33)22-10-8-7-9-11-22/h7-15,18-19H,5-6,16-17H2,1-4H3. The third-order valence-electron chi connectivity index (χ3n) is 6.25. The van der Waals surface area contributed by atoms with Gasteiger partial charge in [0.2, 0.25) is 0 Å². The van der Waals surface area contributed by atoms with E-state index >= 15 is 0 Å². The van der Waals surface area contributed by atoms with Gasteiger partial charge in [-0.2, -0.15) is 0 Å². The fraction of sp³-hybridized carbons (Fsp3) is 0.276. The molecule has 180 valence electrons. The van der Waals surface area contributed by atoms with Gasteiger partial charge in [-0.3, -0.25) is 14.5 Å². The van der Waals surface area contributed by atoms with Crippen LogP contribution in [0, 0.1) is 13.8 Å². The molecule has 35 heavy (non-hydrogen) atoms. The minimum atomic E-state index is -0.107. The summed E-state index contributed by atoms with van der Waals surface area (Å²) >= 11 is 1.56. The van der Waals surface area contributed by atoms with Gasteiger partial charge in [0.1, 0.15) is 0 Å². The number of aryl methyl sites for hydroxylation is 2. The first-order valence-electron chi connectivity index (χ1n) is 12.0. The summed E-state index contributed by atoms with van der Waals surface area (Å²) in [6.45, 7) is 11.6. The average Bonchev–Trinajstić information content (AvgIpc) is 3.30. The molecule has 0 radical (unpaired) electrons. The molecular weight excluding hydrogens is 454 g/mol. The van der Waals surface area contributed by atoms with E-state index < -0.39 is 0 Å². The van der Waals surface area contributed by atoms with Gasteiger partial charge < -0.3 is 4.90 Å². The monoisotopic (exact) mass is 485 g/mol. The van der Waals surface area contributed by atoms with Crippen LogP contribution in [0.1, 0.15) is 51.3 Å². The maximum atomic E-state index is 13.7. The van der Waals surface area contributed by atoms with Crippen molar-refractivity contribution in [3.63, 3.8) is 0 Å². The number of hydrogen-bond donors (Lipinski definition) is 0. The lowest BCUT2D eigenvalue weighted by molar-refractivity contribution is 0.0981. The number of amides is 1. The minimum Gasteiger partial charge on any atom is -0.302 e. The van der Waals surface area contributed by atoms with Crippen LogP contribution in [0.4, 0.5) is 5.13 Å². The van der Waals surface area contributed by atoms with Crippen molar-refractivity contribution in [2.24, 2.45) is 0 Å². The van der Waals surface area contributed by atoms with E-state index in [0.29, 0.717) is 28.4 Å². The molecule has 0 N–H and O–H groups in total. The third kappa shape index (κ3) is 5.50. The zero-order valence-electron chi connectivity index (χ0n) is 20.7. The predicted molar refractivity (Wildman–Crippen MR) is 145 cm³/mol. The second-order valence-corrected chi connectivity index (χ2v) is 9.66. The number of carbonyl (C=O) groups is 2. The van der Waals surface area contributed by atoms with Gasteiger partial charge in [-0.15, -0.1) is 0 Å². The molecule has 4 aromatic rings. The topological polar surface area (TPSA) is 53.5 Å². The molecule has 5 nitrogen and oxygen atoms in total. The molecular formula is C29H31N3O2S. The molecule has 0 fully saturated rings. The second-order valence-electron chi connectivity index (χ2n) is 8.68. The highest BCUT2D eigenvalue weighted by Crippen LogP contribution is 2.33. The quantitative estimate of drug-likeness (QED) is 0.268. The second kappa shape index (κ2) is 10.9. The average molecular weight is 486 g/mol. The van der Waals surface area contributed by atoms with E-state index in [-0.39, 0.29) is 11.7 Å². The molecule has 0 saturated carbocycles. The number of aromatic nitrogens is 1. The summed E-state index contributed by atoms with van der Waals surface area (Å²) in [6, 6.07) is 20.3. The summed E-state index contributed by atoms with van der Waals surface area (Å²) in [7, 11) is 0. The van der Waals surface area contributed by atoms with Crippen molar-refractivity contribution in [3.8, 4) is 0 Å². The first-order chi connectivity index (χ1) is 16.9. The number of benzene rings is 3. The molecule has 0 aliphatic heterocycles. The van der Waals surface area contributed by atoms with E-state index in [0.717, 1.165) is 35.4 Å². The molecule has 0 saturated heterocycles. The number of hydrogen-bond acceptors (Lipinski definition) is 5. The van der Waals surface area contributed by atoms with Gasteiger partial charge in [-0.1, -0.05) is 73.7 Å². The summed E-state index contributed by atoms with van der Waals surface area (Å²) in [6.07, 6.45) is 0. The Hall–Kier alpha value is -3.35. The van der Waals surface area contributed by atoms with E-state index in [1.54, 1.807) is 52.6 Å². The summed E-state index contributed by atoms with van der Waals surface area (Å²) in [5.41, 5.74) is 4.99. The molecule has 0 atom stereocenters. The molecule has 0 bridgehead atoms. The normalized spacial score (nSPS) is 11.2. The van der Waals surface area contributed by atoms with Crippen molar-refractivity contribution < 1.29 is 9.59 Å². The summed E-state index contributed by atoms with van der Waals surface area (Å²) in [4.78, 5) is 35.4. The van der Waals surface area contributed by atoms with Crippen LogP contribution in [0.3, 0.4) is 0 Å². The van der Waals surface area contributed by atoms with Gasteiger partial charge in [-0.05, 0) is 56.3 Å². The van der Waals surface area contributed by atoms with Crippen molar-refractivity contribution in [1.82, 2.24) is 9.88 Å². The number of likely N-dealkylation sites (N-methyl/N-ethyl adjacent to an activating group) is 1. The first kappa shape index (κ1) is 24.8. The Morgan fingerprint density at radius 1 is 0.829 bits per heavy atom. The Kier molecular flexibility index (Phi) is 7.73. The maximum Gasteiger partial charge on any atom is 0.260 e. The largest absolute Gasteiger partial charge is 0.302 e. The van der Waals surface area contributed by atoms with Crippen LogP contribution >= 0.6 is 11.3 Å². The van der Waals surface area contributed by atoms with E-state index in [2.05, 4.69) is 44.7 Å². The highest BCUT2D eigenvalue weighted by molar-refractivity contribution is 7.22. The van der Waals surface area contributed by atoms with Gasteiger partial charge in [0.25, 0.3) is 5.91 Å². The number of rotatable bonds is 9. The number of thiazole rings is 1. The van der Waals surface area contributed by atoms with Gasteiger partial charge >= 0.3 is 0 Å². The van der Waals surface area contributed by atoms with E-state index in [9.17, 15) is 9.59 Å². The van der Waals surface area contributed by atoms with Crippen LogP contribution < -0.4 is 4.90 Å². The number of fused-ring (bicyclic) bond motifs is 1. The zero-order valence-corrected chi connectivity index (χ0v) is 21.6. The lowest BCUT2D eigenvalue weighted by atomic mass is 10.0. The van der Waals surface area contributed by atoms with Crippen molar-refractivity contribution in [3.05, 3.63) is 94.5 Å². The van der Waals surface area contributed by atoms with Crippen LogP contribution in [-0.2, 0) is 0 Å². The van der Waals surface area contributed by atoms with E-state index in [1.807, 2.05) is 18.2 Å². The SMILES string of the molecule is CCN(CC)CCN(C(=O)c1ccc(C(=O)c2ccccc2)cc1)c1nc2cc(C)cc(C)c2s1. The highest BCUT2D eigenvalue weighted by atomic mass is 32.1. The summed E-state index contributed by atoms with van der Waals surface area (Å²) in [5.74, 6) is -0.163. The Bertz CT molecular complexity index is 1330. The predicted octanol–water partition coefficient (Wildman–Crippen LogP) is 6.13. The number of carbonyl (C=O) groups excluding carboxylic acids is 2. The van der Waals surface area contributed by atoms with Crippen molar-refractivity contribution >= 4 is 38.4 Å². The molecule has 0 spiro atoms. The molecule has 0 aliphatic rings. The Labute approximate surface area is 211 Å². The van der Waals surface area contributed by atoms with Crippen molar-refractivity contribution in [1.29, 1.82) is 0 Å². The van der Waals surface area contributed by atoms with E-state index in [4.69, 9.17) is 4.98 Å². The molecule has 4 rings (SSSR count). The zero-order chi connectivity index (χ0) is 24.9. The van der Waals surface area contributed by atoms with Crippen LogP contribution in [0.25, 0.3) is 10.2 Å². The molecule has 6 heteroatoms. The number of nitrogens with zero attached hydrogens (tertiary/aromatic N) is 3. The molecule has 3 aromatic carbocycles. The van der Waals surface area contributed by atoms with Crippen LogP contribution in [0.15, 0.2) is 66.7 Å². The number of ketones is 1. The first-order valence-corrected chi connectivity index (χ1v) is 12.8. The fourth-order valence-corrected chi connectivity index (χ4v) is 5.26. The molecule has 0 aliphatic carbocycles. The Morgan fingerprint density at radius 3 is 2.11 bits per heavy atom. The summed E-state index contributed by atoms with van der Waals surface area (Å²) < 4.78 is 1.11.